The molecule has 0 radical (unpaired) electrons. The lowest BCUT2D eigenvalue weighted by Gasteiger charge is -1.82. The molecule has 0 aliphatic carbocycles. The molecule has 0 unspecified atom stereocenters. The fraction of sp³-hybridized carbons (Fsp3) is 0.200. The third-order valence-electron chi connectivity index (χ3n) is 0.477. The van der Waals surface area contributed by atoms with Crippen LogP contribution >= 0.6 is 0 Å². The number of carbonyl (C=O) groups excluding carboxylic acids is 1. The van der Waals surface area contributed by atoms with Crippen LogP contribution in [0.3, 0.4) is 0 Å². The van der Waals surface area contributed by atoms with Crippen LogP contribution in [0.5, 0.6) is 0 Å². The molecule has 0 aliphatic rings. The zero-order chi connectivity index (χ0) is 6.57. The molecule has 0 spiro atoms. The number of nitrogens with zero attached hydrogens (tertiary/aromatic N) is 1. The van der Waals surface area contributed by atoms with Crippen molar-refractivity contribution in [3.05, 3.63) is 23.7 Å². The van der Waals surface area contributed by atoms with Gasteiger partial charge in [-0.2, -0.15) is 6.57 Å². The van der Waals surface area contributed by atoms with Crippen molar-refractivity contribution in [2.24, 2.45) is 0 Å². The van der Waals surface area contributed by atoms with Crippen molar-refractivity contribution < 1.29 is 9.63 Å². The van der Waals surface area contributed by atoms with Crippen LogP contribution in [0, 0.1) is 6.57 Å². The van der Waals surface area contributed by atoms with E-state index in [4.69, 9.17) is 6.57 Å². The fourth-order valence-corrected chi connectivity index (χ4v) is 0.119. The van der Waals surface area contributed by atoms with E-state index in [0.29, 0.717) is 0 Å². The van der Waals surface area contributed by atoms with Crippen molar-refractivity contribution in [2.75, 3.05) is 0 Å². The van der Waals surface area contributed by atoms with Gasteiger partial charge in [-0.3, -0.25) is 0 Å². The number of hydrogen-bond donors (Lipinski definition) is 0. The normalized spacial score (nSPS) is 7.00. The van der Waals surface area contributed by atoms with E-state index in [9.17, 15) is 4.79 Å². The molecule has 0 atom stereocenters. The summed E-state index contributed by atoms with van der Waals surface area (Å²) in [7, 11) is 0. The number of carbonyl (C=O) groups is 1. The lowest BCUT2D eigenvalue weighted by atomic mass is 10.4. The van der Waals surface area contributed by atoms with Crippen molar-refractivity contribution in [1.82, 2.24) is 0 Å². The molecule has 3 heteroatoms. The summed E-state index contributed by atoms with van der Waals surface area (Å²) >= 11 is 0. The van der Waals surface area contributed by atoms with Gasteiger partial charge < -0.3 is 0 Å². The van der Waals surface area contributed by atoms with Crippen molar-refractivity contribution in [1.29, 1.82) is 0 Å². The van der Waals surface area contributed by atoms with Crippen molar-refractivity contribution in [3.63, 3.8) is 0 Å². The molecule has 8 heavy (non-hydrogen) atoms. The molecule has 0 N–H and O–H groups in total. The van der Waals surface area contributed by atoms with Crippen molar-refractivity contribution in [3.8, 4) is 0 Å². The molecule has 0 amide bonds. The zero-order valence-electron chi connectivity index (χ0n) is 4.47. The van der Waals surface area contributed by atoms with Crippen LogP contribution in [0.2, 0.25) is 0 Å². The molecule has 0 aromatic carbocycles. The van der Waals surface area contributed by atoms with Gasteiger partial charge in [0.05, 0.1) is 0 Å². The largest absolute Gasteiger partial charge is 0.421 e. The quantitative estimate of drug-likeness (QED) is 0.286. The maximum absolute atomic E-state index is 10.2. The molecule has 0 bridgehead atoms. The molecule has 0 rings (SSSR count). The zero-order valence-corrected chi connectivity index (χ0v) is 4.47. The number of hydrogen-bond acceptors (Lipinski definition) is 2. The highest BCUT2D eigenvalue weighted by atomic mass is 16.7. The van der Waals surface area contributed by atoms with Gasteiger partial charge in [0.25, 0.3) is 0 Å². The summed E-state index contributed by atoms with van der Waals surface area (Å²) in [6.45, 7) is 10.8. The highest BCUT2D eigenvalue weighted by Gasteiger charge is 2.04. The van der Waals surface area contributed by atoms with Crippen LogP contribution in [0.1, 0.15) is 6.92 Å². The predicted molar refractivity (Wildman–Crippen MR) is 27.5 cm³/mol. The van der Waals surface area contributed by atoms with Gasteiger partial charge in [0, 0.05) is 5.57 Å². The van der Waals surface area contributed by atoms with E-state index in [1.807, 2.05) is 0 Å². The van der Waals surface area contributed by atoms with Gasteiger partial charge in [-0.25, -0.2) is 4.79 Å². The fourth-order valence-electron chi connectivity index (χ4n) is 0.119. The lowest BCUT2D eigenvalue weighted by molar-refractivity contribution is -0.133. The van der Waals surface area contributed by atoms with Gasteiger partial charge in [-0.15, -0.1) is 4.84 Å². The van der Waals surface area contributed by atoms with Gasteiger partial charge in [0.2, 0.25) is 0 Å². The molecule has 0 aromatic rings. The van der Waals surface area contributed by atoms with Crippen LogP contribution in [0.25, 0.3) is 5.01 Å². The van der Waals surface area contributed by atoms with Gasteiger partial charge in [-0.1, -0.05) is 6.58 Å². The highest BCUT2D eigenvalue weighted by Crippen LogP contribution is 1.90. The standard InChI is InChI=1S/C5H5NO2/c1-4(2)5(7)8-6-3/h1H2,2H3. The maximum Gasteiger partial charge on any atom is 0.421 e. The van der Waals surface area contributed by atoms with Crippen molar-refractivity contribution in [2.45, 2.75) is 6.92 Å². The van der Waals surface area contributed by atoms with E-state index >= 15 is 0 Å². The molecule has 0 saturated carbocycles. The summed E-state index contributed by atoms with van der Waals surface area (Å²) in [5, 5.41) is 2.40. The lowest BCUT2D eigenvalue weighted by Crippen LogP contribution is -1.97. The second kappa shape index (κ2) is 2.80. The van der Waals surface area contributed by atoms with Gasteiger partial charge in [0.15, 0.2) is 0 Å². The monoisotopic (exact) mass is 111 g/mol. The summed E-state index contributed by atoms with van der Waals surface area (Å²) in [4.78, 5) is 14.1. The van der Waals surface area contributed by atoms with E-state index in [-0.39, 0.29) is 5.57 Å². The number of rotatable bonds is 1. The first kappa shape index (κ1) is 6.70. The first-order valence-electron chi connectivity index (χ1n) is 1.92. The second-order valence-electron chi connectivity index (χ2n) is 1.25. The van der Waals surface area contributed by atoms with Crippen LogP contribution in [0.4, 0.5) is 0 Å². The SMILES string of the molecule is [C-]#[N+]OC(=O)C(=C)C. The van der Waals surface area contributed by atoms with Gasteiger partial charge in [0.1, 0.15) is 0 Å². The average molecular weight is 111 g/mol. The van der Waals surface area contributed by atoms with Crippen LogP contribution < -0.4 is 0 Å². The first-order chi connectivity index (χ1) is 3.68. The second-order valence-corrected chi connectivity index (χ2v) is 1.25. The molecule has 0 heterocycles. The summed E-state index contributed by atoms with van der Waals surface area (Å²) in [5.41, 5.74) is 0.237. The Morgan fingerprint density at radius 3 is 2.50 bits per heavy atom. The molecule has 3 nitrogen and oxygen atoms in total. The first-order valence-corrected chi connectivity index (χ1v) is 1.92. The Bertz CT molecular complexity index is 154. The summed E-state index contributed by atoms with van der Waals surface area (Å²) < 4.78 is 0. The van der Waals surface area contributed by atoms with E-state index < -0.39 is 5.97 Å². The highest BCUT2D eigenvalue weighted by molar-refractivity contribution is 5.87. The minimum absolute atomic E-state index is 0.237. The molecule has 0 fully saturated rings. The van der Waals surface area contributed by atoms with Crippen LogP contribution in [-0.4, -0.2) is 5.97 Å². The molecule has 0 aromatic heterocycles. The Balaban J connectivity index is 3.71. The Hall–Kier alpha value is -1.30. The Kier molecular flexibility index (Phi) is 2.35. The molecular formula is C5H5NO2. The van der Waals surface area contributed by atoms with E-state index in [2.05, 4.69) is 16.4 Å². The summed E-state index contributed by atoms with van der Waals surface area (Å²) in [6.07, 6.45) is 0. The third-order valence-corrected chi connectivity index (χ3v) is 0.477. The van der Waals surface area contributed by atoms with E-state index in [1.165, 1.54) is 6.92 Å². The maximum atomic E-state index is 10.2. The van der Waals surface area contributed by atoms with E-state index in [0.717, 1.165) is 0 Å². The smallest absolute Gasteiger partial charge is 0.238 e. The topological polar surface area (TPSA) is 30.7 Å². The summed E-state index contributed by atoms with van der Waals surface area (Å²) in [5.74, 6) is -0.667. The Morgan fingerprint density at radius 2 is 2.38 bits per heavy atom. The minimum atomic E-state index is -0.667. The Morgan fingerprint density at radius 1 is 1.88 bits per heavy atom. The van der Waals surface area contributed by atoms with Gasteiger partial charge in [-0.05, 0) is 11.9 Å². The summed E-state index contributed by atoms with van der Waals surface area (Å²) in [6, 6.07) is 0. The molecular weight excluding hydrogens is 106 g/mol. The molecule has 0 aliphatic heterocycles. The average Bonchev–Trinajstić information content (AvgIpc) is 1.67. The van der Waals surface area contributed by atoms with Crippen LogP contribution in [-0.2, 0) is 9.63 Å². The van der Waals surface area contributed by atoms with E-state index in [1.54, 1.807) is 0 Å². The Labute approximate surface area is 47.3 Å². The molecule has 0 saturated heterocycles. The predicted octanol–water partition coefficient (Wildman–Crippen LogP) is 0.940. The van der Waals surface area contributed by atoms with Gasteiger partial charge >= 0.3 is 5.97 Å². The third kappa shape index (κ3) is 1.98. The van der Waals surface area contributed by atoms with Crippen LogP contribution in [0.15, 0.2) is 12.2 Å². The van der Waals surface area contributed by atoms with Crippen molar-refractivity contribution >= 4 is 5.97 Å². The molecule has 42 valence electrons. The minimum Gasteiger partial charge on any atom is -0.238 e.